The summed E-state index contributed by atoms with van der Waals surface area (Å²) in [5.74, 6) is -0.449. The summed E-state index contributed by atoms with van der Waals surface area (Å²) in [7, 11) is -3.65. The molecular formula is C14H17FN2O2S2. The van der Waals surface area contributed by atoms with Crippen molar-refractivity contribution in [3.8, 4) is 0 Å². The first-order valence-corrected chi connectivity index (χ1v) is 8.86. The number of hydrogen-bond acceptors (Lipinski definition) is 4. The van der Waals surface area contributed by atoms with Crippen molar-refractivity contribution in [2.45, 2.75) is 24.8 Å². The Morgan fingerprint density at radius 2 is 2.14 bits per heavy atom. The van der Waals surface area contributed by atoms with E-state index in [0.717, 1.165) is 5.56 Å². The molecule has 1 aromatic carbocycles. The number of benzene rings is 1. The van der Waals surface area contributed by atoms with E-state index in [-0.39, 0.29) is 22.6 Å². The van der Waals surface area contributed by atoms with Crippen molar-refractivity contribution in [2.75, 3.05) is 6.54 Å². The lowest BCUT2D eigenvalue weighted by Gasteiger charge is -2.10. The second kappa shape index (κ2) is 6.65. The third kappa shape index (κ3) is 3.88. The van der Waals surface area contributed by atoms with Crippen molar-refractivity contribution in [3.05, 3.63) is 51.5 Å². The molecule has 0 amide bonds. The van der Waals surface area contributed by atoms with Crippen LogP contribution in [0.3, 0.4) is 0 Å². The first kappa shape index (κ1) is 16.1. The van der Waals surface area contributed by atoms with Crippen molar-refractivity contribution in [1.82, 2.24) is 4.72 Å². The van der Waals surface area contributed by atoms with Crippen LogP contribution in [-0.4, -0.2) is 15.0 Å². The van der Waals surface area contributed by atoms with Crippen LogP contribution in [0.1, 0.15) is 16.7 Å². The van der Waals surface area contributed by atoms with E-state index in [0.29, 0.717) is 13.0 Å². The summed E-state index contributed by atoms with van der Waals surface area (Å²) in [5.41, 5.74) is 7.00. The molecule has 2 aromatic rings. The molecule has 0 bridgehead atoms. The van der Waals surface area contributed by atoms with Gasteiger partial charge in [0.05, 0.1) is 4.90 Å². The Balaban J connectivity index is 2.13. The fourth-order valence-electron chi connectivity index (χ4n) is 1.96. The minimum atomic E-state index is -3.65. The fraction of sp³-hybridized carbons (Fsp3) is 0.286. The van der Waals surface area contributed by atoms with E-state index >= 15 is 0 Å². The van der Waals surface area contributed by atoms with Gasteiger partial charge in [0.25, 0.3) is 0 Å². The highest BCUT2D eigenvalue weighted by molar-refractivity contribution is 7.89. The Bertz CT molecular complexity index is 713. The van der Waals surface area contributed by atoms with E-state index < -0.39 is 15.8 Å². The van der Waals surface area contributed by atoms with Gasteiger partial charge in [0, 0.05) is 18.7 Å². The van der Waals surface area contributed by atoms with E-state index in [9.17, 15) is 12.8 Å². The van der Waals surface area contributed by atoms with Crippen molar-refractivity contribution in [3.63, 3.8) is 0 Å². The summed E-state index contributed by atoms with van der Waals surface area (Å²) < 4.78 is 40.7. The number of thiophene rings is 1. The molecule has 0 spiro atoms. The highest BCUT2D eigenvalue weighted by Gasteiger charge is 2.17. The summed E-state index contributed by atoms with van der Waals surface area (Å²) in [6.07, 6.45) is 0.618. The Hall–Kier alpha value is -1.28. The van der Waals surface area contributed by atoms with Gasteiger partial charge in [-0.25, -0.2) is 17.5 Å². The van der Waals surface area contributed by atoms with Gasteiger partial charge in [-0.2, -0.15) is 11.3 Å². The van der Waals surface area contributed by atoms with E-state index in [1.807, 2.05) is 16.8 Å². The molecule has 2 rings (SSSR count). The average molecular weight is 328 g/mol. The SMILES string of the molecule is Cc1cc(S(=O)(=O)NCCc2ccsc2)cc(CN)c1F. The lowest BCUT2D eigenvalue weighted by molar-refractivity contribution is 0.578. The van der Waals surface area contributed by atoms with Gasteiger partial charge in [0.15, 0.2) is 0 Å². The van der Waals surface area contributed by atoms with E-state index in [1.165, 1.54) is 19.1 Å². The van der Waals surface area contributed by atoms with E-state index in [2.05, 4.69) is 4.72 Å². The van der Waals surface area contributed by atoms with Crippen LogP contribution in [0.15, 0.2) is 33.9 Å². The third-order valence-electron chi connectivity index (χ3n) is 3.12. The molecule has 7 heteroatoms. The molecule has 0 radical (unpaired) electrons. The molecule has 3 N–H and O–H groups in total. The standard InChI is InChI=1S/C14H17FN2O2S2/c1-10-6-13(7-12(8-16)14(10)15)21(18,19)17-4-2-11-3-5-20-9-11/h3,5-7,9,17H,2,4,8,16H2,1H3. The summed E-state index contributed by atoms with van der Waals surface area (Å²) in [4.78, 5) is 0.0483. The molecule has 0 atom stereocenters. The predicted molar refractivity (Wildman–Crippen MR) is 82.2 cm³/mol. The van der Waals surface area contributed by atoms with E-state index in [4.69, 9.17) is 5.73 Å². The molecular weight excluding hydrogens is 311 g/mol. The first-order valence-electron chi connectivity index (χ1n) is 6.44. The highest BCUT2D eigenvalue weighted by atomic mass is 32.2. The molecule has 0 saturated carbocycles. The number of sulfonamides is 1. The Morgan fingerprint density at radius 3 is 2.76 bits per heavy atom. The van der Waals surface area contributed by atoms with Crippen molar-refractivity contribution in [2.24, 2.45) is 5.73 Å². The smallest absolute Gasteiger partial charge is 0.240 e. The quantitative estimate of drug-likeness (QED) is 0.854. The van der Waals surface area contributed by atoms with Crippen LogP contribution in [0.25, 0.3) is 0 Å². The van der Waals surface area contributed by atoms with Gasteiger partial charge in [-0.05, 0) is 53.4 Å². The molecule has 0 aliphatic rings. The second-order valence-corrected chi connectivity index (χ2v) is 7.24. The van der Waals surface area contributed by atoms with Crippen LogP contribution in [-0.2, 0) is 23.0 Å². The lowest BCUT2D eigenvalue weighted by atomic mass is 10.1. The summed E-state index contributed by atoms with van der Waals surface area (Å²) in [5, 5.41) is 3.92. The van der Waals surface area contributed by atoms with Crippen LogP contribution >= 0.6 is 11.3 Å². The molecule has 0 unspecified atom stereocenters. The second-order valence-electron chi connectivity index (χ2n) is 4.70. The fourth-order valence-corrected chi connectivity index (χ4v) is 3.83. The number of halogens is 1. The lowest BCUT2D eigenvalue weighted by Crippen LogP contribution is -2.26. The summed E-state index contributed by atoms with van der Waals surface area (Å²) in [6, 6.07) is 4.56. The maximum Gasteiger partial charge on any atom is 0.240 e. The van der Waals surface area contributed by atoms with Gasteiger partial charge in [-0.3, -0.25) is 0 Å². The number of nitrogens with one attached hydrogen (secondary N) is 1. The van der Waals surface area contributed by atoms with Gasteiger partial charge in [-0.1, -0.05) is 0 Å². The van der Waals surface area contributed by atoms with Crippen LogP contribution < -0.4 is 10.5 Å². The topological polar surface area (TPSA) is 72.2 Å². The van der Waals surface area contributed by atoms with Crippen LogP contribution in [0, 0.1) is 12.7 Å². The normalized spacial score (nSPS) is 11.8. The molecule has 114 valence electrons. The molecule has 0 saturated heterocycles. The highest BCUT2D eigenvalue weighted by Crippen LogP contribution is 2.19. The molecule has 4 nitrogen and oxygen atoms in total. The molecule has 0 fully saturated rings. The van der Waals surface area contributed by atoms with Crippen molar-refractivity contribution in [1.29, 1.82) is 0 Å². The van der Waals surface area contributed by atoms with Crippen molar-refractivity contribution < 1.29 is 12.8 Å². The summed E-state index contributed by atoms with van der Waals surface area (Å²) in [6.45, 7) is 1.79. The summed E-state index contributed by atoms with van der Waals surface area (Å²) >= 11 is 1.57. The van der Waals surface area contributed by atoms with Gasteiger partial charge in [0.2, 0.25) is 10.0 Å². The molecule has 0 aliphatic carbocycles. The zero-order chi connectivity index (χ0) is 15.5. The monoisotopic (exact) mass is 328 g/mol. The Morgan fingerprint density at radius 1 is 1.38 bits per heavy atom. The van der Waals surface area contributed by atoms with Crippen LogP contribution in [0.2, 0.25) is 0 Å². The molecule has 0 aliphatic heterocycles. The van der Waals surface area contributed by atoms with Gasteiger partial charge in [-0.15, -0.1) is 0 Å². The predicted octanol–water partition coefficient (Wildman–Crippen LogP) is 2.18. The largest absolute Gasteiger partial charge is 0.326 e. The maximum atomic E-state index is 13.7. The van der Waals surface area contributed by atoms with Crippen LogP contribution in [0.5, 0.6) is 0 Å². The minimum Gasteiger partial charge on any atom is -0.326 e. The number of hydrogen-bond donors (Lipinski definition) is 2. The zero-order valence-corrected chi connectivity index (χ0v) is 13.2. The maximum absolute atomic E-state index is 13.7. The number of rotatable bonds is 6. The third-order valence-corrected chi connectivity index (χ3v) is 5.29. The molecule has 1 aromatic heterocycles. The average Bonchev–Trinajstić information content (AvgIpc) is 2.94. The van der Waals surface area contributed by atoms with Crippen molar-refractivity contribution >= 4 is 21.4 Å². The van der Waals surface area contributed by atoms with Gasteiger partial charge >= 0.3 is 0 Å². The van der Waals surface area contributed by atoms with Gasteiger partial charge in [0.1, 0.15) is 5.82 Å². The minimum absolute atomic E-state index is 0.0368. The van der Waals surface area contributed by atoms with E-state index in [1.54, 1.807) is 11.3 Å². The number of nitrogens with two attached hydrogens (primary N) is 1. The first-order chi connectivity index (χ1) is 9.94. The van der Waals surface area contributed by atoms with Gasteiger partial charge < -0.3 is 5.73 Å². The Labute approximate surface area is 127 Å². The molecule has 21 heavy (non-hydrogen) atoms. The Kier molecular flexibility index (Phi) is 5.10. The van der Waals surface area contributed by atoms with Crippen LogP contribution in [0.4, 0.5) is 4.39 Å². The zero-order valence-electron chi connectivity index (χ0n) is 11.6. The number of aryl methyl sites for hydroxylation is 1. The molecule has 1 heterocycles.